The molecule has 0 saturated heterocycles. The smallest absolute Gasteiger partial charge is 0.504 e. The molecule has 1 N–H and O–H groups in total. The fourth-order valence-corrected chi connectivity index (χ4v) is 4.63. The molecule has 2 aromatic carbocycles. The Morgan fingerprint density at radius 3 is 1.51 bits per heavy atom. The Hall–Kier alpha value is -5.65. The number of hydrogen-bond acceptors (Lipinski definition) is 12. The molecule has 0 fully saturated rings. The fourth-order valence-electron chi connectivity index (χ4n) is 4.40. The van der Waals surface area contributed by atoms with E-state index in [4.69, 9.17) is 35.7 Å². The van der Waals surface area contributed by atoms with E-state index in [2.05, 4.69) is 24.2 Å². The molecule has 0 bridgehead atoms. The van der Waals surface area contributed by atoms with Gasteiger partial charge in [-0.25, -0.2) is 9.59 Å². The molecule has 0 spiro atoms. The number of benzene rings is 2. The van der Waals surface area contributed by atoms with Crippen molar-refractivity contribution in [1.29, 1.82) is 0 Å². The Bertz CT molecular complexity index is 2030. The van der Waals surface area contributed by atoms with Crippen LogP contribution >= 0.6 is 11.6 Å². The normalized spacial score (nSPS) is 11.5. The highest BCUT2D eigenvalue weighted by Crippen LogP contribution is 2.39. The first-order valence-corrected chi connectivity index (χ1v) is 17.9. The molecule has 19 heteroatoms. The van der Waals surface area contributed by atoms with E-state index in [0.717, 1.165) is 36.0 Å². The number of phenols is 1. The molecule has 0 aliphatic rings. The molecular formula is C40H45ClF6N2O10. The van der Waals surface area contributed by atoms with Crippen LogP contribution in [0.1, 0.15) is 87.5 Å². The van der Waals surface area contributed by atoms with Gasteiger partial charge in [-0.15, -0.1) is 26.3 Å². The number of carbonyl (C=O) groups is 2. The molecule has 0 atom stereocenters. The zero-order chi connectivity index (χ0) is 44.9. The van der Waals surface area contributed by atoms with Gasteiger partial charge in [-0.3, -0.25) is 9.97 Å². The summed E-state index contributed by atoms with van der Waals surface area (Å²) in [5.74, 6) is -2.05. The van der Waals surface area contributed by atoms with Crippen LogP contribution in [0.3, 0.4) is 0 Å². The third-order valence-corrected chi connectivity index (χ3v) is 7.53. The number of nitrogens with zero attached hydrogens (tertiary/aromatic N) is 2. The largest absolute Gasteiger partial charge is 0.573 e. The lowest BCUT2D eigenvalue weighted by Gasteiger charge is -2.20. The molecule has 324 valence electrons. The Morgan fingerprint density at radius 2 is 1.07 bits per heavy atom. The third kappa shape index (κ3) is 16.3. The number of rotatable bonds is 10. The van der Waals surface area contributed by atoms with Gasteiger partial charge < -0.3 is 38.3 Å². The minimum Gasteiger partial charge on any atom is -0.504 e. The highest BCUT2D eigenvalue weighted by molar-refractivity contribution is 6.33. The number of phenolic OH excluding ortho intramolecular Hbond substituents is 1. The van der Waals surface area contributed by atoms with Crippen molar-refractivity contribution in [3.05, 3.63) is 88.5 Å². The second-order valence-electron chi connectivity index (χ2n) is 13.9. The first kappa shape index (κ1) is 49.5. The van der Waals surface area contributed by atoms with Crippen LogP contribution < -0.4 is 23.7 Å². The zero-order valence-corrected chi connectivity index (χ0v) is 34.6. The number of ether oxygens (including phenoxy) is 7. The van der Waals surface area contributed by atoms with Crippen LogP contribution in [-0.4, -0.2) is 67.2 Å². The minimum absolute atomic E-state index is 0.00400. The number of esters is 2. The van der Waals surface area contributed by atoms with Gasteiger partial charge in [-0.05, 0) is 44.2 Å². The molecule has 4 aromatic rings. The number of carbonyl (C=O) groups excluding carboxylic acids is 2. The first-order chi connectivity index (χ1) is 27.2. The fraction of sp³-hybridized carbons (Fsp3) is 0.400. The predicted molar refractivity (Wildman–Crippen MR) is 204 cm³/mol. The van der Waals surface area contributed by atoms with Gasteiger partial charge in [0.25, 0.3) is 0 Å². The lowest BCUT2D eigenvalue weighted by Crippen LogP contribution is -2.17. The van der Waals surface area contributed by atoms with Gasteiger partial charge in [-0.1, -0.05) is 53.1 Å². The lowest BCUT2D eigenvalue weighted by atomic mass is 9.91. The second kappa shape index (κ2) is 20.9. The number of alkyl halides is 6. The molecule has 2 aromatic heterocycles. The van der Waals surface area contributed by atoms with Gasteiger partial charge in [0.2, 0.25) is 0 Å². The summed E-state index contributed by atoms with van der Waals surface area (Å²) in [5, 5.41) is 9.46. The number of hydrogen-bond donors (Lipinski definition) is 1. The van der Waals surface area contributed by atoms with E-state index >= 15 is 0 Å². The highest BCUT2D eigenvalue weighted by atomic mass is 35.5. The lowest BCUT2D eigenvalue weighted by molar-refractivity contribution is -0.275. The standard InChI is InChI=1S/C20H22F3NO5.C12H16ClNO2.C8H7F3O3/c1-6-27-18(25)13-11-24-17(19(2,3)4)10-15(13)28-14-8-7-12(9-16(14)26-5)29-20(21,22)23;1-5-16-11(15)8-7-14-10(6-9(8)13)12(2,3)4;1-13-7-4-5(2-3-6(7)12)14-8(9,10)11/h7-11H,6H2,1-5H3;6-7H,5H2,1-4H3;2-4,12H,1H3. The summed E-state index contributed by atoms with van der Waals surface area (Å²) in [7, 11) is 2.51. The van der Waals surface area contributed by atoms with Gasteiger partial charge in [0, 0.05) is 52.8 Å². The van der Waals surface area contributed by atoms with Crippen molar-refractivity contribution in [3.8, 4) is 40.2 Å². The number of methoxy groups -OCH3 is 2. The van der Waals surface area contributed by atoms with Crippen molar-refractivity contribution in [2.24, 2.45) is 0 Å². The number of pyridine rings is 2. The Balaban J connectivity index is 0.000000337. The summed E-state index contributed by atoms with van der Waals surface area (Å²) in [5.41, 5.74) is 1.48. The van der Waals surface area contributed by atoms with E-state index in [0.29, 0.717) is 22.9 Å². The molecule has 0 unspecified atom stereocenters. The molecule has 0 saturated carbocycles. The van der Waals surface area contributed by atoms with E-state index in [1.165, 1.54) is 32.7 Å². The average Bonchev–Trinajstić information content (AvgIpc) is 3.11. The maximum atomic E-state index is 12.4. The molecule has 12 nitrogen and oxygen atoms in total. The van der Waals surface area contributed by atoms with Gasteiger partial charge in [0.1, 0.15) is 22.8 Å². The van der Waals surface area contributed by atoms with Crippen molar-refractivity contribution < 1.29 is 74.2 Å². The quantitative estimate of drug-likeness (QED) is 0.120. The maximum Gasteiger partial charge on any atom is 0.573 e. The van der Waals surface area contributed by atoms with Gasteiger partial charge in [-0.2, -0.15) is 0 Å². The summed E-state index contributed by atoms with van der Waals surface area (Å²) < 4.78 is 106. The van der Waals surface area contributed by atoms with E-state index < -0.39 is 36.2 Å². The monoisotopic (exact) mass is 862 g/mol. The summed E-state index contributed by atoms with van der Waals surface area (Å²) in [6.07, 6.45) is -6.76. The topological polar surface area (TPSA) is 145 Å². The molecule has 0 aliphatic heterocycles. The second-order valence-corrected chi connectivity index (χ2v) is 14.3. The van der Waals surface area contributed by atoms with E-state index in [-0.39, 0.29) is 51.7 Å². The van der Waals surface area contributed by atoms with Crippen molar-refractivity contribution in [2.75, 3.05) is 27.4 Å². The summed E-state index contributed by atoms with van der Waals surface area (Å²) >= 11 is 6.03. The van der Waals surface area contributed by atoms with Crippen LogP contribution in [0.15, 0.2) is 60.9 Å². The van der Waals surface area contributed by atoms with Crippen LogP contribution in [0, 0.1) is 0 Å². The molecule has 2 heterocycles. The molecule has 0 amide bonds. The van der Waals surface area contributed by atoms with Crippen LogP contribution in [0.2, 0.25) is 5.02 Å². The van der Waals surface area contributed by atoms with Crippen LogP contribution in [-0.2, 0) is 20.3 Å². The van der Waals surface area contributed by atoms with Gasteiger partial charge in [0.05, 0.1) is 38.0 Å². The molecule has 4 rings (SSSR count). The number of aromatic nitrogens is 2. The molecule has 0 aliphatic carbocycles. The van der Waals surface area contributed by atoms with Crippen molar-refractivity contribution in [2.45, 2.75) is 78.9 Å². The number of aromatic hydroxyl groups is 1. The Kier molecular flexibility index (Phi) is 17.5. The van der Waals surface area contributed by atoms with E-state index in [1.807, 2.05) is 41.5 Å². The van der Waals surface area contributed by atoms with E-state index in [1.54, 1.807) is 26.0 Å². The maximum absolute atomic E-state index is 12.4. The van der Waals surface area contributed by atoms with Crippen LogP contribution in [0.5, 0.6) is 40.2 Å². The summed E-state index contributed by atoms with van der Waals surface area (Å²) in [6, 6.07) is 9.68. The average molecular weight is 863 g/mol. The molecular weight excluding hydrogens is 818 g/mol. The molecule has 0 radical (unpaired) electrons. The minimum atomic E-state index is -4.84. The third-order valence-electron chi connectivity index (χ3n) is 7.22. The zero-order valence-electron chi connectivity index (χ0n) is 33.8. The van der Waals surface area contributed by atoms with Crippen molar-refractivity contribution in [1.82, 2.24) is 9.97 Å². The predicted octanol–water partition coefficient (Wildman–Crippen LogP) is 10.8. The van der Waals surface area contributed by atoms with E-state index in [9.17, 15) is 35.9 Å². The van der Waals surface area contributed by atoms with Crippen molar-refractivity contribution >= 4 is 23.5 Å². The summed E-state index contributed by atoms with van der Waals surface area (Å²) in [6.45, 7) is 15.8. The highest BCUT2D eigenvalue weighted by Gasteiger charge is 2.32. The van der Waals surface area contributed by atoms with Crippen LogP contribution in [0.25, 0.3) is 0 Å². The summed E-state index contributed by atoms with van der Waals surface area (Å²) in [4.78, 5) is 32.3. The Morgan fingerprint density at radius 1 is 0.627 bits per heavy atom. The number of halogens is 7. The van der Waals surface area contributed by atoms with Crippen molar-refractivity contribution in [3.63, 3.8) is 0 Å². The van der Waals surface area contributed by atoms with Gasteiger partial charge >= 0.3 is 24.7 Å². The Labute approximate surface area is 342 Å². The molecule has 59 heavy (non-hydrogen) atoms. The first-order valence-electron chi connectivity index (χ1n) is 17.5. The van der Waals surface area contributed by atoms with Gasteiger partial charge in [0.15, 0.2) is 23.0 Å². The van der Waals surface area contributed by atoms with Crippen LogP contribution in [0.4, 0.5) is 26.3 Å². The SMILES string of the molecule is CCOC(=O)c1cnc(C(C)(C)C)cc1Cl.CCOC(=O)c1cnc(C(C)(C)C)cc1Oc1ccc(OC(F)(F)F)cc1OC.COc1cc(OC(F)(F)F)ccc1O.